The minimum Gasteiger partial charge on any atom is -0.465 e. The predicted molar refractivity (Wildman–Crippen MR) is 96.2 cm³/mol. The van der Waals surface area contributed by atoms with Gasteiger partial charge in [0.05, 0.1) is 19.1 Å². The Labute approximate surface area is 154 Å². The lowest BCUT2D eigenvalue weighted by Gasteiger charge is -2.36. The lowest BCUT2D eigenvalue weighted by atomic mass is 10.0. The minimum atomic E-state index is 0.0803. The number of hydrogen-bond donors (Lipinski definition) is 0. The van der Waals surface area contributed by atoms with Crippen LogP contribution in [0.2, 0.25) is 0 Å². The van der Waals surface area contributed by atoms with E-state index in [9.17, 15) is 4.79 Å². The molecule has 1 saturated heterocycles. The summed E-state index contributed by atoms with van der Waals surface area (Å²) in [6, 6.07) is 4.12. The Kier molecular flexibility index (Phi) is 4.80. The summed E-state index contributed by atoms with van der Waals surface area (Å²) in [7, 11) is 0. The summed E-state index contributed by atoms with van der Waals surface area (Å²) >= 11 is 0. The molecule has 2 aliphatic rings. The summed E-state index contributed by atoms with van der Waals surface area (Å²) in [5, 5.41) is 8.95. The number of fused-ring (bicyclic) bond motifs is 1. The molecule has 0 radical (unpaired) electrons. The highest BCUT2D eigenvalue weighted by molar-refractivity contribution is 5.76. The normalized spacial score (nSPS) is 21.0. The van der Waals surface area contributed by atoms with Gasteiger partial charge in [0.1, 0.15) is 17.3 Å². The van der Waals surface area contributed by atoms with Crippen LogP contribution in [0.1, 0.15) is 61.8 Å². The number of piperidine rings is 1. The van der Waals surface area contributed by atoms with Crippen LogP contribution in [0, 0.1) is 6.92 Å². The number of aromatic nitrogens is 3. The van der Waals surface area contributed by atoms with Crippen molar-refractivity contribution >= 4 is 5.91 Å². The molecule has 1 atom stereocenters. The van der Waals surface area contributed by atoms with E-state index in [1.807, 2.05) is 30.9 Å². The van der Waals surface area contributed by atoms with Crippen LogP contribution in [0.3, 0.4) is 0 Å². The molecule has 0 saturated carbocycles. The van der Waals surface area contributed by atoms with Gasteiger partial charge in [-0.3, -0.25) is 9.69 Å². The van der Waals surface area contributed by atoms with Gasteiger partial charge >= 0.3 is 0 Å². The van der Waals surface area contributed by atoms with Crippen molar-refractivity contribution in [3.8, 4) is 0 Å². The van der Waals surface area contributed by atoms with Crippen molar-refractivity contribution in [1.82, 2.24) is 24.6 Å². The Balaban J connectivity index is 1.50. The summed E-state index contributed by atoms with van der Waals surface area (Å²) in [6.45, 7) is 8.09. The molecule has 0 N–H and O–H groups in total. The number of carbonyl (C=O) groups excluding carboxylic acids is 1. The lowest BCUT2D eigenvalue weighted by Crippen LogP contribution is -2.40. The highest BCUT2D eigenvalue weighted by Gasteiger charge is 2.33. The summed E-state index contributed by atoms with van der Waals surface area (Å²) in [5.74, 6) is 4.11. The fraction of sp³-hybridized carbons (Fsp3) is 0.632. The van der Waals surface area contributed by atoms with Gasteiger partial charge in [-0.15, -0.1) is 10.2 Å². The molecule has 1 unspecified atom stereocenters. The summed E-state index contributed by atoms with van der Waals surface area (Å²) < 4.78 is 7.93. The number of rotatable bonds is 4. The van der Waals surface area contributed by atoms with Gasteiger partial charge in [-0.05, 0) is 38.3 Å². The molecule has 4 heterocycles. The van der Waals surface area contributed by atoms with E-state index in [-0.39, 0.29) is 11.9 Å². The van der Waals surface area contributed by atoms with Crippen molar-refractivity contribution in [2.24, 2.45) is 0 Å². The summed E-state index contributed by atoms with van der Waals surface area (Å²) in [4.78, 5) is 16.7. The van der Waals surface area contributed by atoms with Gasteiger partial charge in [0.2, 0.25) is 5.91 Å². The maximum absolute atomic E-state index is 12.3. The van der Waals surface area contributed by atoms with Crippen molar-refractivity contribution in [1.29, 1.82) is 0 Å². The molecule has 7 nitrogen and oxygen atoms in total. The van der Waals surface area contributed by atoms with E-state index < -0.39 is 0 Å². The molecule has 0 aliphatic carbocycles. The molecular formula is C19H27N5O2. The van der Waals surface area contributed by atoms with Crippen LogP contribution in [0.4, 0.5) is 0 Å². The molecule has 4 rings (SSSR count). The first kappa shape index (κ1) is 17.3. The standard InChI is InChI=1S/C19H27N5O2/c1-3-18(25)23-9-5-4-6-16(23)19-21-20-17-13-22(10-11-24(17)19)12-15-8-7-14(2)26-15/h7-8,16H,3-6,9-13H2,1-2H3. The number of hydrogen-bond acceptors (Lipinski definition) is 5. The van der Waals surface area contributed by atoms with Gasteiger partial charge in [0.15, 0.2) is 5.82 Å². The Morgan fingerprint density at radius 2 is 2.12 bits per heavy atom. The molecule has 26 heavy (non-hydrogen) atoms. The third kappa shape index (κ3) is 3.28. The summed E-state index contributed by atoms with van der Waals surface area (Å²) in [5.41, 5.74) is 0. The van der Waals surface area contributed by atoms with E-state index in [1.54, 1.807) is 0 Å². The molecule has 0 spiro atoms. The van der Waals surface area contributed by atoms with E-state index in [0.29, 0.717) is 6.42 Å². The molecule has 2 aliphatic heterocycles. The summed E-state index contributed by atoms with van der Waals surface area (Å²) in [6.07, 6.45) is 3.76. The van der Waals surface area contributed by atoms with Crippen molar-refractivity contribution in [2.45, 2.75) is 65.2 Å². The van der Waals surface area contributed by atoms with Crippen LogP contribution in [-0.4, -0.2) is 43.6 Å². The van der Waals surface area contributed by atoms with Crippen molar-refractivity contribution < 1.29 is 9.21 Å². The third-order valence-corrected chi connectivity index (χ3v) is 5.46. The Hall–Kier alpha value is -2.15. The Bertz CT molecular complexity index is 781. The highest BCUT2D eigenvalue weighted by atomic mass is 16.3. The average Bonchev–Trinajstić information content (AvgIpc) is 3.26. The van der Waals surface area contributed by atoms with Crippen molar-refractivity contribution in [3.05, 3.63) is 35.3 Å². The second-order valence-electron chi connectivity index (χ2n) is 7.30. The first-order valence-corrected chi connectivity index (χ1v) is 9.65. The fourth-order valence-corrected chi connectivity index (χ4v) is 4.10. The first-order chi connectivity index (χ1) is 12.7. The molecule has 2 aromatic heterocycles. The first-order valence-electron chi connectivity index (χ1n) is 9.65. The average molecular weight is 357 g/mol. The maximum Gasteiger partial charge on any atom is 0.222 e. The van der Waals surface area contributed by atoms with Crippen molar-refractivity contribution in [3.63, 3.8) is 0 Å². The zero-order valence-electron chi connectivity index (χ0n) is 15.6. The van der Waals surface area contributed by atoms with Gasteiger partial charge in [-0.2, -0.15) is 0 Å². The number of furan rings is 1. The van der Waals surface area contributed by atoms with Gasteiger partial charge in [0.25, 0.3) is 0 Å². The van der Waals surface area contributed by atoms with Crippen LogP contribution in [0.15, 0.2) is 16.5 Å². The fourth-order valence-electron chi connectivity index (χ4n) is 4.10. The van der Waals surface area contributed by atoms with E-state index in [2.05, 4.69) is 19.7 Å². The van der Waals surface area contributed by atoms with Crippen molar-refractivity contribution in [2.75, 3.05) is 13.1 Å². The van der Waals surface area contributed by atoms with Gasteiger partial charge < -0.3 is 13.9 Å². The van der Waals surface area contributed by atoms with Crippen LogP contribution < -0.4 is 0 Å². The largest absolute Gasteiger partial charge is 0.465 e. The van der Waals surface area contributed by atoms with Gasteiger partial charge in [-0.1, -0.05) is 6.92 Å². The monoisotopic (exact) mass is 357 g/mol. The minimum absolute atomic E-state index is 0.0803. The second kappa shape index (κ2) is 7.23. The van der Waals surface area contributed by atoms with Crippen LogP contribution >= 0.6 is 0 Å². The zero-order valence-corrected chi connectivity index (χ0v) is 15.6. The van der Waals surface area contributed by atoms with E-state index >= 15 is 0 Å². The highest BCUT2D eigenvalue weighted by Crippen LogP contribution is 2.31. The van der Waals surface area contributed by atoms with Crippen LogP contribution in [-0.2, 0) is 24.4 Å². The Morgan fingerprint density at radius 3 is 2.88 bits per heavy atom. The van der Waals surface area contributed by atoms with Gasteiger partial charge in [-0.25, -0.2) is 0 Å². The molecule has 1 fully saturated rings. The van der Waals surface area contributed by atoms with Crippen LogP contribution in [0.5, 0.6) is 0 Å². The van der Waals surface area contributed by atoms with Crippen LogP contribution in [0.25, 0.3) is 0 Å². The SMILES string of the molecule is CCC(=O)N1CCCCC1c1nnc2n1CCN(Cc1ccc(C)o1)C2. The quantitative estimate of drug-likeness (QED) is 0.841. The number of nitrogens with zero attached hydrogens (tertiary/aromatic N) is 5. The zero-order chi connectivity index (χ0) is 18.1. The number of likely N-dealkylation sites (tertiary alicyclic amines) is 1. The second-order valence-corrected chi connectivity index (χ2v) is 7.30. The number of amides is 1. The molecule has 140 valence electrons. The Morgan fingerprint density at radius 1 is 1.23 bits per heavy atom. The van der Waals surface area contributed by atoms with E-state index in [0.717, 1.165) is 75.2 Å². The smallest absolute Gasteiger partial charge is 0.222 e. The molecule has 0 aromatic carbocycles. The van der Waals surface area contributed by atoms with Gasteiger partial charge in [0, 0.05) is 26.1 Å². The maximum atomic E-state index is 12.3. The molecule has 1 amide bonds. The van der Waals surface area contributed by atoms with E-state index in [1.165, 1.54) is 0 Å². The lowest BCUT2D eigenvalue weighted by molar-refractivity contribution is -0.135. The number of carbonyl (C=O) groups is 1. The predicted octanol–water partition coefficient (Wildman–Crippen LogP) is 2.66. The molecule has 7 heteroatoms. The topological polar surface area (TPSA) is 67.4 Å². The molecular weight excluding hydrogens is 330 g/mol. The molecule has 2 aromatic rings. The number of aryl methyl sites for hydroxylation is 1. The molecule has 0 bridgehead atoms. The third-order valence-electron chi connectivity index (χ3n) is 5.46. The van der Waals surface area contributed by atoms with E-state index in [4.69, 9.17) is 4.42 Å².